The number of halogens is 1. The fourth-order valence-corrected chi connectivity index (χ4v) is 6.20. The number of nitrogens with zero attached hydrogens (tertiary/aromatic N) is 1. The zero-order valence-corrected chi connectivity index (χ0v) is 24.5. The van der Waals surface area contributed by atoms with E-state index < -0.39 is 10.0 Å². The van der Waals surface area contributed by atoms with Crippen molar-refractivity contribution in [3.8, 4) is 22.6 Å². The largest absolute Gasteiger partial charge is 0.456 e. The summed E-state index contributed by atoms with van der Waals surface area (Å²) in [7, 11) is -1.96. The molecule has 8 nitrogen and oxygen atoms in total. The highest BCUT2D eigenvalue weighted by molar-refractivity contribution is 7.92. The van der Waals surface area contributed by atoms with Crippen LogP contribution in [0, 0.1) is 19.7 Å². The van der Waals surface area contributed by atoms with Gasteiger partial charge in [0.2, 0.25) is 10.0 Å². The Morgan fingerprint density at radius 3 is 2.42 bits per heavy atom. The predicted molar refractivity (Wildman–Crippen MR) is 157 cm³/mol. The van der Waals surface area contributed by atoms with Crippen LogP contribution in [0.3, 0.4) is 0 Å². The monoisotopic (exact) mass is 583 g/mol. The second-order valence-corrected chi connectivity index (χ2v) is 13.6. The molecule has 11 heteroatoms. The molecule has 4 aromatic rings. The lowest BCUT2D eigenvalue weighted by atomic mass is 10.0. The van der Waals surface area contributed by atoms with Crippen molar-refractivity contribution in [2.24, 2.45) is 7.05 Å². The summed E-state index contributed by atoms with van der Waals surface area (Å²) in [6.07, 6.45) is 3.45. The molecule has 2 N–H and O–H groups in total. The third-order valence-electron chi connectivity index (χ3n) is 7.06. The first-order valence-corrected chi connectivity index (χ1v) is 15.3. The summed E-state index contributed by atoms with van der Waals surface area (Å²) in [6, 6.07) is 9.30. The Balaban J connectivity index is 1.70. The van der Waals surface area contributed by atoms with Crippen LogP contribution < -0.4 is 20.3 Å². The van der Waals surface area contributed by atoms with Crippen molar-refractivity contribution < 1.29 is 22.3 Å². The zero-order valence-electron chi connectivity index (χ0n) is 22.8. The Labute approximate surface area is 235 Å². The quantitative estimate of drug-likeness (QED) is 0.270. The molecule has 40 heavy (non-hydrogen) atoms. The summed E-state index contributed by atoms with van der Waals surface area (Å²) in [6.45, 7) is 7.00. The molecular weight excluding hydrogens is 553 g/mol. The Morgan fingerprint density at radius 2 is 1.80 bits per heavy atom. The number of benzene rings is 2. The number of anilines is 1. The van der Waals surface area contributed by atoms with Crippen LogP contribution in [0.4, 0.5) is 10.1 Å². The lowest BCUT2D eigenvalue weighted by Gasteiger charge is -2.18. The van der Waals surface area contributed by atoms with E-state index in [4.69, 9.17) is 4.74 Å². The van der Waals surface area contributed by atoms with E-state index >= 15 is 0 Å². The van der Waals surface area contributed by atoms with E-state index in [1.54, 1.807) is 51.4 Å². The molecule has 0 unspecified atom stereocenters. The van der Waals surface area contributed by atoms with Crippen LogP contribution in [-0.4, -0.2) is 30.2 Å². The van der Waals surface area contributed by atoms with Gasteiger partial charge in [-0.2, -0.15) is 0 Å². The number of rotatable bonds is 8. The average Bonchev–Trinajstić information content (AvgIpc) is 3.42. The van der Waals surface area contributed by atoms with Crippen LogP contribution in [0.2, 0.25) is 0 Å². The van der Waals surface area contributed by atoms with Crippen molar-refractivity contribution in [1.82, 2.24) is 9.88 Å². The van der Waals surface area contributed by atoms with Crippen LogP contribution in [0.1, 0.15) is 47.5 Å². The number of thiophene rings is 1. The zero-order chi connectivity index (χ0) is 29.0. The fraction of sp³-hybridized carbons (Fsp3) is 0.310. The van der Waals surface area contributed by atoms with Crippen LogP contribution in [0.15, 0.2) is 47.4 Å². The molecule has 0 saturated heterocycles. The summed E-state index contributed by atoms with van der Waals surface area (Å²) < 4.78 is 49.4. The van der Waals surface area contributed by atoms with Gasteiger partial charge in [-0.05, 0) is 88.1 Å². The molecule has 210 valence electrons. The highest BCUT2D eigenvalue weighted by Crippen LogP contribution is 2.42. The van der Waals surface area contributed by atoms with Crippen LogP contribution in [0.5, 0.6) is 11.5 Å². The molecule has 1 saturated carbocycles. The van der Waals surface area contributed by atoms with E-state index in [2.05, 4.69) is 10.0 Å². The van der Waals surface area contributed by atoms with Crippen LogP contribution in [-0.2, 0) is 17.1 Å². The highest BCUT2D eigenvalue weighted by Gasteiger charge is 2.39. The average molecular weight is 584 g/mol. The summed E-state index contributed by atoms with van der Waals surface area (Å²) in [4.78, 5) is 26.6. The van der Waals surface area contributed by atoms with Crippen molar-refractivity contribution in [2.75, 3.05) is 10.5 Å². The molecule has 0 atom stereocenters. The molecule has 1 fully saturated rings. The van der Waals surface area contributed by atoms with E-state index in [1.807, 2.05) is 6.92 Å². The topological polar surface area (TPSA) is 106 Å². The van der Waals surface area contributed by atoms with Crippen LogP contribution in [0.25, 0.3) is 21.2 Å². The first kappa shape index (κ1) is 27.9. The van der Waals surface area contributed by atoms with E-state index in [-0.39, 0.29) is 28.6 Å². The van der Waals surface area contributed by atoms with Gasteiger partial charge in [-0.3, -0.25) is 14.3 Å². The lowest BCUT2D eigenvalue weighted by molar-refractivity contribution is 0.0939. The maximum absolute atomic E-state index is 14.0. The van der Waals surface area contributed by atoms with Crippen molar-refractivity contribution in [3.63, 3.8) is 0 Å². The maximum Gasteiger partial charge on any atom is 0.268 e. The van der Waals surface area contributed by atoms with Crippen LogP contribution >= 0.6 is 11.3 Å². The number of fused-ring (bicyclic) bond motifs is 1. The molecule has 2 aromatic carbocycles. The highest BCUT2D eigenvalue weighted by atomic mass is 32.2. The SMILES string of the molecule is CCS(=O)(=O)Nc1ccc(Oc2c(C)cc(F)cc2C)c(-c2cn(C)c(=O)c3sc(C(=O)NC4(C)CC4)cc23)c1. The van der Waals surface area contributed by atoms with Gasteiger partial charge >= 0.3 is 0 Å². The standard InChI is InChI=1S/C29H30FN3O5S2/c1-6-40(36,37)32-19-7-8-23(38-25-16(2)11-18(30)12-17(25)3)20(13-19)22-15-33(5)28(35)26-21(22)14-24(39-26)27(34)31-29(4)9-10-29/h7-8,11-15,32H,6,9-10H2,1-5H3,(H,31,34). The minimum absolute atomic E-state index is 0.111. The minimum Gasteiger partial charge on any atom is -0.456 e. The number of hydrogen-bond acceptors (Lipinski definition) is 6. The lowest BCUT2D eigenvalue weighted by Crippen LogP contribution is -2.33. The number of hydrogen-bond donors (Lipinski definition) is 2. The molecule has 1 amide bonds. The number of carbonyl (C=O) groups is 1. The van der Waals surface area contributed by atoms with E-state index in [0.717, 1.165) is 24.2 Å². The first-order valence-electron chi connectivity index (χ1n) is 12.8. The predicted octanol–water partition coefficient (Wildman–Crippen LogP) is 5.86. The second-order valence-electron chi connectivity index (χ2n) is 10.5. The van der Waals surface area contributed by atoms with E-state index in [9.17, 15) is 22.4 Å². The number of ether oxygens (including phenoxy) is 1. The number of carbonyl (C=O) groups excluding carboxylic acids is 1. The molecule has 1 aliphatic rings. The van der Waals surface area contributed by atoms with Gasteiger partial charge in [-0.1, -0.05) is 0 Å². The second kappa shape index (κ2) is 10.0. The third-order valence-corrected chi connectivity index (χ3v) is 9.49. The van der Waals surface area contributed by atoms with Gasteiger partial charge < -0.3 is 14.6 Å². The van der Waals surface area contributed by atoms with Gasteiger partial charge in [0.05, 0.1) is 10.6 Å². The molecule has 2 aromatic heterocycles. The molecular formula is C29H30FN3O5S2. The first-order chi connectivity index (χ1) is 18.8. The molecule has 2 heterocycles. The Kier molecular flexibility index (Phi) is 6.99. The number of aryl methyl sites for hydroxylation is 3. The van der Waals surface area contributed by atoms with Gasteiger partial charge in [-0.25, -0.2) is 12.8 Å². The number of amides is 1. The molecule has 5 rings (SSSR count). The van der Waals surface area contributed by atoms with Gasteiger partial charge in [0.15, 0.2) is 0 Å². The number of sulfonamides is 1. The van der Waals surface area contributed by atoms with Crippen molar-refractivity contribution in [1.29, 1.82) is 0 Å². The Morgan fingerprint density at radius 1 is 1.12 bits per heavy atom. The third kappa shape index (κ3) is 5.48. The number of nitrogens with one attached hydrogen (secondary N) is 2. The van der Waals surface area contributed by atoms with Gasteiger partial charge in [0, 0.05) is 41.0 Å². The van der Waals surface area contributed by atoms with Gasteiger partial charge in [-0.15, -0.1) is 11.3 Å². The van der Waals surface area contributed by atoms with Crippen molar-refractivity contribution >= 4 is 43.0 Å². The summed E-state index contributed by atoms with van der Waals surface area (Å²) in [5.41, 5.74) is 2.09. The summed E-state index contributed by atoms with van der Waals surface area (Å²) in [5.74, 6) is 0.109. The van der Waals surface area contributed by atoms with Crippen molar-refractivity contribution in [3.05, 3.63) is 74.8 Å². The molecule has 0 aliphatic heterocycles. The Hall–Kier alpha value is -3.70. The van der Waals surface area contributed by atoms with E-state index in [0.29, 0.717) is 54.4 Å². The molecule has 0 radical (unpaired) electrons. The maximum atomic E-state index is 14.0. The Bertz CT molecular complexity index is 1820. The normalized spacial score (nSPS) is 14.2. The van der Waals surface area contributed by atoms with E-state index in [1.165, 1.54) is 23.6 Å². The van der Waals surface area contributed by atoms with Crippen molar-refractivity contribution in [2.45, 2.75) is 46.1 Å². The number of aromatic nitrogens is 1. The molecule has 0 bridgehead atoms. The molecule has 1 aliphatic carbocycles. The minimum atomic E-state index is -3.58. The van der Waals surface area contributed by atoms with Gasteiger partial charge in [0.1, 0.15) is 22.0 Å². The summed E-state index contributed by atoms with van der Waals surface area (Å²) >= 11 is 1.12. The number of pyridine rings is 1. The summed E-state index contributed by atoms with van der Waals surface area (Å²) in [5, 5.41) is 3.58. The fourth-order valence-electron chi connectivity index (χ4n) is 4.52. The van der Waals surface area contributed by atoms with Gasteiger partial charge in [0.25, 0.3) is 11.5 Å². The smallest absolute Gasteiger partial charge is 0.268 e. The molecule has 0 spiro atoms.